The topological polar surface area (TPSA) is 82.1 Å². The number of aliphatic carboxylic acids is 1. The number of anilines is 1. The Kier molecular flexibility index (Phi) is 4.84. The Morgan fingerprint density at radius 3 is 2.60 bits per heavy atom. The van der Waals surface area contributed by atoms with Crippen LogP contribution in [0.2, 0.25) is 0 Å². The van der Waals surface area contributed by atoms with E-state index >= 15 is 0 Å². The average molecular weight is 289 g/mol. The van der Waals surface area contributed by atoms with Gasteiger partial charge in [-0.3, -0.25) is 4.79 Å². The number of carbonyl (C=O) groups excluding carboxylic acids is 2. The van der Waals surface area contributed by atoms with E-state index in [1.807, 2.05) is 30.3 Å². The van der Waals surface area contributed by atoms with Crippen LogP contribution in [0, 0.1) is 0 Å². The highest BCUT2D eigenvalue weighted by Gasteiger charge is 2.17. The molecule has 6 heteroatoms. The van der Waals surface area contributed by atoms with E-state index in [0.717, 1.165) is 5.56 Å². The van der Waals surface area contributed by atoms with Crippen molar-refractivity contribution in [1.29, 1.82) is 0 Å². The lowest BCUT2D eigenvalue weighted by Gasteiger charge is -2.17. The molecule has 0 aliphatic carbocycles. The molecule has 0 unspecified atom stereocenters. The van der Waals surface area contributed by atoms with Crippen LogP contribution in [0.1, 0.15) is 24.3 Å². The predicted molar refractivity (Wildman–Crippen MR) is 74.2 cm³/mol. The second kappa shape index (κ2) is 6.81. The molecule has 2 aromatic rings. The highest BCUT2D eigenvalue weighted by molar-refractivity contribution is 7.13. The molecule has 0 aliphatic heterocycles. The van der Waals surface area contributed by atoms with Gasteiger partial charge in [0.25, 0.3) is 0 Å². The number of hydrogen-bond acceptors (Lipinski definition) is 5. The molecular formula is C14H13N2O3S-. The van der Waals surface area contributed by atoms with Gasteiger partial charge in [0.1, 0.15) is 0 Å². The lowest BCUT2D eigenvalue weighted by atomic mass is 9.92. The molecule has 0 aliphatic rings. The maximum Gasteiger partial charge on any atom is 0.226 e. The monoisotopic (exact) mass is 289 g/mol. The summed E-state index contributed by atoms with van der Waals surface area (Å²) in [6.07, 6.45) is 1.49. The third-order valence-corrected chi connectivity index (χ3v) is 3.48. The van der Waals surface area contributed by atoms with Crippen molar-refractivity contribution < 1.29 is 14.7 Å². The minimum Gasteiger partial charge on any atom is -0.550 e. The van der Waals surface area contributed by atoms with E-state index in [-0.39, 0.29) is 18.7 Å². The zero-order chi connectivity index (χ0) is 14.4. The zero-order valence-corrected chi connectivity index (χ0v) is 11.4. The number of carbonyl (C=O) groups is 2. The summed E-state index contributed by atoms with van der Waals surface area (Å²) in [4.78, 5) is 26.7. The molecule has 1 amide bonds. The van der Waals surface area contributed by atoms with Gasteiger partial charge >= 0.3 is 0 Å². The van der Waals surface area contributed by atoms with E-state index in [1.54, 1.807) is 11.6 Å². The quantitative estimate of drug-likeness (QED) is 0.871. The summed E-state index contributed by atoms with van der Waals surface area (Å²) in [6.45, 7) is 0. The summed E-state index contributed by atoms with van der Waals surface area (Å²) in [7, 11) is 0. The van der Waals surface area contributed by atoms with Gasteiger partial charge < -0.3 is 15.2 Å². The molecule has 1 N–H and O–H groups in total. The fourth-order valence-electron chi connectivity index (χ4n) is 1.91. The van der Waals surface area contributed by atoms with Crippen LogP contribution in [-0.2, 0) is 9.59 Å². The van der Waals surface area contributed by atoms with Crippen LogP contribution in [0.3, 0.4) is 0 Å². The van der Waals surface area contributed by atoms with E-state index in [4.69, 9.17) is 0 Å². The molecule has 104 valence electrons. The first-order chi connectivity index (χ1) is 9.65. The van der Waals surface area contributed by atoms with Gasteiger partial charge in [0.05, 0.1) is 0 Å². The fraction of sp³-hybridized carbons (Fsp3) is 0.214. The molecule has 5 nitrogen and oxygen atoms in total. The minimum absolute atomic E-state index is 0.0809. The summed E-state index contributed by atoms with van der Waals surface area (Å²) in [5, 5.41) is 15.7. The minimum atomic E-state index is -1.17. The smallest absolute Gasteiger partial charge is 0.226 e. The second-order valence-electron chi connectivity index (χ2n) is 4.27. The Morgan fingerprint density at radius 2 is 2.00 bits per heavy atom. The lowest BCUT2D eigenvalue weighted by molar-refractivity contribution is -0.306. The molecule has 1 aromatic carbocycles. The number of amides is 1. The van der Waals surface area contributed by atoms with Crippen LogP contribution < -0.4 is 10.4 Å². The van der Waals surface area contributed by atoms with Crippen molar-refractivity contribution in [1.82, 2.24) is 4.98 Å². The Hall–Kier alpha value is -2.21. The van der Waals surface area contributed by atoms with Crippen LogP contribution in [-0.4, -0.2) is 16.9 Å². The summed E-state index contributed by atoms with van der Waals surface area (Å²) in [5.41, 5.74) is 0.811. The summed E-state index contributed by atoms with van der Waals surface area (Å²) in [6, 6.07) is 9.09. The molecule has 2 rings (SSSR count). The number of rotatable bonds is 6. The number of carboxylic acid groups (broad SMARTS) is 1. The first kappa shape index (κ1) is 14.2. The molecule has 0 saturated heterocycles. The standard InChI is InChI=1S/C14H14N2O3S/c17-12(16-14-15-6-7-20-14)8-11(9-13(18)19)10-4-2-1-3-5-10/h1-7,11H,8-9H2,(H,18,19)(H,15,16,17)/p-1/t11-/m1/s1. The highest BCUT2D eigenvalue weighted by Crippen LogP contribution is 2.24. The van der Waals surface area contributed by atoms with Gasteiger partial charge in [-0.15, -0.1) is 11.3 Å². The zero-order valence-electron chi connectivity index (χ0n) is 10.6. The van der Waals surface area contributed by atoms with Crippen LogP contribution in [0.15, 0.2) is 41.9 Å². The predicted octanol–water partition coefficient (Wildman–Crippen LogP) is 1.40. The highest BCUT2D eigenvalue weighted by atomic mass is 32.1. The third kappa shape index (κ3) is 4.17. The van der Waals surface area contributed by atoms with Crippen molar-refractivity contribution in [2.75, 3.05) is 5.32 Å². The first-order valence-corrected chi connectivity index (χ1v) is 6.97. The molecule has 1 heterocycles. The number of nitrogens with one attached hydrogen (secondary N) is 1. The SMILES string of the molecule is O=C([O-])C[C@@H](CC(=O)Nc1nccs1)c1ccccc1. The van der Waals surface area contributed by atoms with Crippen molar-refractivity contribution in [3.63, 3.8) is 0 Å². The Labute approximate surface area is 120 Å². The van der Waals surface area contributed by atoms with Crippen LogP contribution in [0.4, 0.5) is 5.13 Å². The van der Waals surface area contributed by atoms with Crippen molar-refractivity contribution >= 4 is 28.3 Å². The molecular weight excluding hydrogens is 276 g/mol. The van der Waals surface area contributed by atoms with E-state index in [2.05, 4.69) is 10.3 Å². The molecule has 20 heavy (non-hydrogen) atoms. The number of aromatic nitrogens is 1. The first-order valence-electron chi connectivity index (χ1n) is 6.09. The van der Waals surface area contributed by atoms with Crippen LogP contribution in [0.5, 0.6) is 0 Å². The normalized spacial score (nSPS) is 11.8. The van der Waals surface area contributed by atoms with E-state index < -0.39 is 11.9 Å². The molecule has 0 spiro atoms. The van der Waals surface area contributed by atoms with Crippen LogP contribution in [0.25, 0.3) is 0 Å². The Balaban J connectivity index is 2.04. The Morgan fingerprint density at radius 1 is 1.25 bits per heavy atom. The average Bonchev–Trinajstić information content (AvgIpc) is 2.91. The van der Waals surface area contributed by atoms with E-state index in [9.17, 15) is 14.7 Å². The number of carboxylic acids is 1. The van der Waals surface area contributed by atoms with Gasteiger partial charge in [-0.1, -0.05) is 30.3 Å². The number of thiazole rings is 1. The second-order valence-corrected chi connectivity index (χ2v) is 5.17. The summed E-state index contributed by atoms with van der Waals surface area (Å²) < 4.78 is 0. The molecule has 1 atom stereocenters. The summed E-state index contributed by atoms with van der Waals surface area (Å²) >= 11 is 1.32. The summed E-state index contributed by atoms with van der Waals surface area (Å²) in [5.74, 6) is -1.82. The van der Waals surface area contributed by atoms with Gasteiger partial charge in [-0.25, -0.2) is 4.98 Å². The van der Waals surface area contributed by atoms with Crippen molar-refractivity contribution in [2.24, 2.45) is 0 Å². The number of benzene rings is 1. The van der Waals surface area contributed by atoms with E-state index in [0.29, 0.717) is 5.13 Å². The molecule has 0 radical (unpaired) electrons. The number of nitrogens with zero attached hydrogens (tertiary/aromatic N) is 1. The third-order valence-electron chi connectivity index (χ3n) is 2.79. The Bertz CT molecular complexity index is 569. The molecule has 0 saturated carbocycles. The van der Waals surface area contributed by atoms with Gasteiger partial charge in [-0.2, -0.15) is 0 Å². The fourth-order valence-corrected chi connectivity index (χ4v) is 2.46. The largest absolute Gasteiger partial charge is 0.550 e. The van der Waals surface area contributed by atoms with Gasteiger partial charge in [0, 0.05) is 24.0 Å². The number of hydrogen-bond donors (Lipinski definition) is 1. The van der Waals surface area contributed by atoms with Crippen molar-refractivity contribution in [2.45, 2.75) is 18.8 Å². The van der Waals surface area contributed by atoms with E-state index in [1.165, 1.54) is 11.3 Å². The van der Waals surface area contributed by atoms with Crippen LogP contribution >= 0.6 is 11.3 Å². The maximum atomic E-state index is 11.9. The van der Waals surface area contributed by atoms with Crippen molar-refractivity contribution in [3.8, 4) is 0 Å². The maximum absolute atomic E-state index is 11.9. The van der Waals surface area contributed by atoms with Gasteiger partial charge in [0.2, 0.25) is 5.91 Å². The molecule has 1 aromatic heterocycles. The molecule has 0 bridgehead atoms. The molecule has 0 fully saturated rings. The van der Waals surface area contributed by atoms with Crippen molar-refractivity contribution in [3.05, 3.63) is 47.5 Å². The van der Waals surface area contributed by atoms with Gasteiger partial charge in [-0.05, 0) is 17.9 Å². The van der Waals surface area contributed by atoms with Gasteiger partial charge in [0.15, 0.2) is 5.13 Å². The lowest BCUT2D eigenvalue weighted by Crippen LogP contribution is -2.26.